The van der Waals surface area contributed by atoms with Crippen LogP contribution < -0.4 is 5.32 Å². The molecule has 22 heavy (non-hydrogen) atoms. The van der Waals surface area contributed by atoms with Gasteiger partial charge < -0.3 is 15.1 Å². The van der Waals surface area contributed by atoms with Gasteiger partial charge in [-0.1, -0.05) is 26.7 Å². The Kier molecular flexibility index (Phi) is 5.03. The van der Waals surface area contributed by atoms with Gasteiger partial charge >= 0.3 is 0 Å². The van der Waals surface area contributed by atoms with Gasteiger partial charge in [-0.2, -0.15) is 0 Å². The number of rotatable bonds is 3. The highest BCUT2D eigenvalue weighted by Gasteiger charge is 2.42. The van der Waals surface area contributed by atoms with Crippen LogP contribution >= 0.6 is 0 Å². The van der Waals surface area contributed by atoms with E-state index in [2.05, 4.69) is 29.1 Å². The van der Waals surface area contributed by atoms with Crippen molar-refractivity contribution in [3.8, 4) is 0 Å². The number of carbonyl (C=O) groups excluding carboxylic acids is 1. The smallest absolute Gasteiger partial charge is 0.230 e. The highest BCUT2D eigenvalue weighted by Crippen LogP contribution is 2.39. The van der Waals surface area contributed by atoms with E-state index in [-0.39, 0.29) is 11.3 Å². The number of nitrogens with one attached hydrogen (secondary N) is 1. The van der Waals surface area contributed by atoms with E-state index < -0.39 is 0 Å². The minimum atomic E-state index is -0.241. The van der Waals surface area contributed by atoms with Crippen LogP contribution in [0.1, 0.15) is 46.0 Å². The molecule has 0 unspecified atom stereocenters. The van der Waals surface area contributed by atoms with Crippen molar-refractivity contribution in [1.82, 2.24) is 15.1 Å². The number of aliphatic imine (C=N–C) groups is 1. The minimum Gasteiger partial charge on any atom is -0.355 e. The molecule has 5 heteroatoms. The van der Waals surface area contributed by atoms with Crippen molar-refractivity contribution in [2.24, 2.45) is 15.8 Å². The fraction of sp³-hybridized carbons (Fsp3) is 0.882. The van der Waals surface area contributed by atoms with Crippen molar-refractivity contribution in [2.45, 2.75) is 46.0 Å². The second-order valence-electron chi connectivity index (χ2n) is 7.92. The molecule has 1 heterocycles. The lowest BCUT2D eigenvalue weighted by atomic mass is 9.84. The first kappa shape index (κ1) is 17.1. The summed E-state index contributed by atoms with van der Waals surface area (Å²) in [5, 5.41) is 3.50. The molecule has 1 aliphatic carbocycles. The number of hydrogen-bond acceptors (Lipinski definition) is 2. The molecule has 1 saturated carbocycles. The Bertz CT molecular complexity index is 436. The van der Waals surface area contributed by atoms with Crippen molar-refractivity contribution in [3.05, 3.63) is 0 Å². The molecule has 0 aromatic heterocycles. The number of carbonyl (C=O) groups is 1. The van der Waals surface area contributed by atoms with Crippen LogP contribution in [0.25, 0.3) is 0 Å². The SMILES string of the molecule is CN=C(NCC1(C(=O)N(C)C)CCCC1)N1CCC(C)(C)C1. The van der Waals surface area contributed by atoms with Gasteiger partial charge in [-0.05, 0) is 24.7 Å². The predicted octanol–water partition coefficient (Wildman–Crippen LogP) is 1.94. The number of hydrogen-bond donors (Lipinski definition) is 1. The van der Waals surface area contributed by atoms with Crippen molar-refractivity contribution in [2.75, 3.05) is 40.8 Å². The van der Waals surface area contributed by atoms with Crippen LogP contribution in [-0.2, 0) is 4.79 Å². The van der Waals surface area contributed by atoms with Gasteiger partial charge in [-0.25, -0.2) is 0 Å². The van der Waals surface area contributed by atoms with Crippen molar-refractivity contribution >= 4 is 11.9 Å². The van der Waals surface area contributed by atoms with Gasteiger partial charge in [0, 0.05) is 40.8 Å². The minimum absolute atomic E-state index is 0.241. The molecule has 1 aliphatic heterocycles. The Hall–Kier alpha value is -1.26. The molecule has 5 nitrogen and oxygen atoms in total. The van der Waals surface area contributed by atoms with Crippen LogP contribution in [0.4, 0.5) is 0 Å². The molecule has 0 aromatic rings. The highest BCUT2D eigenvalue weighted by atomic mass is 16.2. The van der Waals surface area contributed by atoms with Crippen molar-refractivity contribution in [3.63, 3.8) is 0 Å². The normalized spacial score (nSPS) is 23.7. The summed E-state index contributed by atoms with van der Waals surface area (Å²) in [7, 11) is 5.56. The van der Waals surface area contributed by atoms with Crippen molar-refractivity contribution < 1.29 is 4.79 Å². The Labute approximate surface area is 135 Å². The van der Waals surface area contributed by atoms with E-state index in [9.17, 15) is 4.79 Å². The molecule has 126 valence electrons. The summed E-state index contributed by atoms with van der Waals surface area (Å²) >= 11 is 0. The molecule has 0 radical (unpaired) electrons. The summed E-state index contributed by atoms with van der Waals surface area (Å²) in [5.41, 5.74) is 0.108. The number of amides is 1. The van der Waals surface area contributed by atoms with Gasteiger partial charge in [-0.15, -0.1) is 0 Å². The third kappa shape index (κ3) is 3.55. The fourth-order valence-electron chi connectivity index (χ4n) is 3.87. The number of guanidine groups is 1. The Balaban J connectivity index is 2.01. The number of likely N-dealkylation sites (tertiary alicyclic amines) is 1. The largest absolute Gasteiger partial charge is 0.355 e. The summed E-state index contributed by atoms with van der Waals surface area (Å²) in [4.78, 5) is 21.1. The second kappa shape index (κ2) is 6.47. The maximum atomic E-state index is 12.6. The molecule has 0 aromatic carbocycles. The summed E-state index contributed by atoms with van der Waals surface area (Å²) in [6, 6.07) is 0. The summed E-state index contributed by atoms with van der Waals surface area (Å²) in [6.45, 7) is 7.37. The topological polar surface area (TPSA) is 47.9 Å². The van der Waals surface area contributed by atoms with Gasteiger partial charge in [-0.3, -0.25) is 9.79 Å². The Morgan fingerprint density at radius 3 is 2.32 bits per heavy atom. The predicted molar refractivity (Wildman–Crippen MR) is 90.9 cm³/mol. The first-order valence-corrected chi connectivity index (χ1v) is 8.47. The van der Waals surface area contributed by atoms with E-state index in [0.717, 1.165) is 44.7 Å². The van der Waals surface area contributed by atoms with Crippen LogP contribution in [0.2, 0.25) is 0 Å². The first-order valence-electron chi connectivity index (χ1n) is 8.47. The monoisotopic (exact) mass is 308 g/mol. The van der Waals surface area contributed by atoms with E-state index in [1.54, 1.807) is 4.90 Å². The van der Waals surface area contributed by atoms with E-state index in [0.29, 0.717) is 12.0 Å². The Morgan fingerprint density at radius 2 is 1.86 bits per heavy atom. The molecule has 2 fully saturated rings. The Morgan fingerprint density at radius 1 is 1.23 bits per heavy atom. The van der Waals surface area contributed by atoms with Crippen LogP contribution in [0, 0.1) is 10.8 Å². The van der Waals surface area contributed by atoms with E-state index in [1.165, 1.54) is 6.42 Å². The average Bonchev–Trinajstić information content (AvgIpc) is 3.06. The lowest BCUT2D eigenvalue weighted by Crippen LogP contribution is -2.50. The lowest BCUT2D eigenvalue weighted by molar-refractivity contribution is -0.138. The molecule has 1 amide bonds. The summed E-state index contributed by atoms with van der Waals surface area (Å²) in [5.74, 6) is 1.21. The standard InChI is InChI=1S/C17H32N4O/c1-16(2)10-11-21(13-16)15(18-3)19-12-17(8-6-7-9-17)14(22)20(4)5/h6-13H2,1-5H3,(H,18,19). The zero-order valence-corrected chi connectivity index (χ0v) is 14.9. The third-order valence-corrected chi connectivity index (χ3v) is 5.19. The average molecular weight is 308 g/mol. The van der Waals surface area contributed by atoms with Gasteiger partial charge in [0.25, 0.3) is 0 Å². The molecular weight excluding hydrogens is 276 g/mol. The van der Waals surface area contributed by atoms with Crippen LogP contribution in [0.3, 0.4) is 0 Å². The molecular formula is C17H32N4O. The third-order valence-electron chi connectivity index (χ3n) is 5.19. The molecule has 2 aliphatic rings. The first-order chi connectivity index (χ1) is 10.3. The molecule has 1 saturated heterocycles. The van der Waals surface area contributed by atoms with E-state index >= 15 is 0 Å². The molecule has 1 N–H and O–H groups in total. The van der Waals surface area contributed by atoms with E-state index in [4.69, 9.17) is 0 Å². The lowest BCUT2D eigenvalue weighted by Gasteiger charge is -2.33. The van der Waals surface area contributed by atoms with Crippen LogP contribution in [-0.4, -0.2) is 62.4 Å². The fourth-order valence-corrected chi connectivity index (χ4v) is 3.87. The van der Waals surface area contributed by atoms with Gasteiger partial charge in [0.15, 0.2) is 5.96 Å². The van der Waals surface area contributed by atoms with Gasteiger partial charge in [0.1, 0.15) is 0 Å². The molecule has 0 spiro atoms. The summed E-state index contributed by atoms with van der Waals surface area (Å²) < 4.78 is 0. The molecule has 0 bridgehead atoms. The van der Waals surface area contributed by atoms with Gasteiger partial charge in [0.2, 0.25) is 5.91 Å². The molecule has 0 atom stereocenters. The van der Waals surface area contributed by atoms with Crippen molar-refractivity contribution in [1.29, 1.82) is 0 Å². The zero-order valence-electron chi connectivity index (χ0n) is 14.9. The van der Waals surface area contributed by atoms with Crippen LogP contribution in [0.5, 0.6) is 0 Å². The maximum Gasteiger partial charge on any atom is 0.230 e. The quantitative estimate of drug-likeness (QED) is 0.640. The number of nitrogens with zero attached hydrogens (tertiary/aromatic N) is 3. The van der Waals surface area contributed by atoms with E-state index in [1.807, 2.05) is 21.1 Å². The summed E-state index contributed by atoms with van der Waals surface area (Å²) in [6.07, 6.45) is 5.46. The maximum absolute atomic E-state index is 12.6. The molecule has 2 rings (SSSR count). The zero-order chi connectivity index (χ0) is 16.4. The van der Waals surface area contributed by atoms with Gasteiger partial charge in [0.05, 0.1) is 5.41 Å². The highest BCUT2D eigenvalue weighted by molar-refractivity contribution is 5.85. The second-order valence-corrected chi connectivity index (χ2v) is 7.92. The van der Waals surface area contributed by atoms with Crippen LogP contribution in [0.15, 0.2) is 4.99 Å².